The van der Waals surface area contributed by atoms with E-state index in [9.17, 15) is 0 Å². The Morgan fingerprint density at radius 3 is 2.46 bits per heavy atom. The number of fused-ring (bicyclic) bond motifs is 1. The zero-order valence-corrected chi connectivity index (χ0v) is 14.7. The average Bonchev–Trinajstić information content (AvgIpc) is 3.03. The van der Waals surface area contributed by atoms with Crippen molar-refractivity contribution in [1.82, 2.24) is 4.98 Å². The lowest BCUT2D eigenvalue weighted by Crippen LogP contribution is -2.14. The first-order valence-corrected chi connectivity index (χ1v) is 8.56. The molecule has 0 aliphatic rings. The summed E-state index contributed by atoms with van der Waals surface area (Å²) in [5.74, 6) is 1.72. The first kappa shape index (κ1) is 16.6. The van der Waals surface area contributed by atoms with Crippen LogP contribution in [0, 0.1) is 0 Å². The summed E-state index contributed by atoms with van der Waals surface area (Å²) in [7, 11) is 1.70. The molecule has 1 aromatic heterocycles. The predicted molar refractivity (Wildman–Crippen MR) is 101 cm³/mol. The van der Waals surface area contributed by atoms with E-state index in [1.165, 1.54) is 22.1 Å². The Morgan fingerprint density at radius 2 is 1.83 bits per heavy atom. The van der Waals surface area contributed by atoms with Crippen molar-refractivity contribution in [3.8, 4) is 5.75 Å². The molecule has 1 unspecified atom stereocenters. The first-order chi connectivity index (χ1) is 11.6. The number of benzene rings is 2. The van der Waals surface area contributed by atoms with Crippen LogP contribution in [0.4, 0.5) is 0 Å². The van der Waals surface area contributed by atoms with Gasteiger partial charge in [-0.1, -0.05) is 38.1 Å². The summed E-state index contributed by atoms with van der Waals surface area (Å²) in [6, 6.07) is 15.0. The zero-order chi connectivity index (χ0) is 17.1. The molecule has 3 nitrogen and oxygen atoms in total. The number of hydrogen-bond acceptors (Lipinski definition) is 2. The van der Waals surface area contributed by atoms with Crippen LogP contribution < -0.4 is 10.5 Å². The Kier molecular flexibility index (Phi) is 4.91. The number of nitrogens with one attached hydrogen (secondary N) is 1. The molecule has 0 bridgehead atoms. The first-order valence-electron chi connectivity index (χ1n) is 8.56. The van der Waals surface area contributed by atoms with Gasteiger partial charge in [-0.05, 0) is 53.8 Å². The van der Waals surface area contributed by atoms with Crippen molar-refractivity contribution in [2.45, 2.75) is 32.1 Å². The molecule has 0 saturated carbocycles. The van der Waals surface area contributed by atoms with Gasteiger partial charge in [0.25, 0.3) is 0 Å². The van der Waals surface area contributed by atoms with Gasteiger partial charge in [0, 0.05) is 23.0 Å². The van der Waals surface area contributed by atoms with E-state index >= 15 is 0 Å². The highest BCUT2D eigenvalue weighted by atomic mass is 16.5. The topological polar surface area (TPSA) is 51.0 Å². The van der Waals surface area contributed by atoms with Crippen molar-refractivity contribution in [3.63, 3.8) is 0 Å². The summed E-state index contributed by atoms with van der Waals surface area (Å²) < 4.78 is 5.37. The van der Waals surface area contributed by atoms with Crippen molar-refractivity contribution < 1.29 is 4.74 Å². The molecule has 0 radical (unpaired) electrons. The van der Waals surface area contributed by atoms with E-state index in [0.29, 0.717) is 12.5 Å². The minimum atomic E-state index is 0.288. The fraction of sp³-hybridized carbons (Fsp3) is 0.333. The fourth-order valence-corrected chi connectivity index (χ4v) is 3.23. The second-order valence-corrected chi connectivity index (χ2v) is 6.69. The van der Waals surface area contributed by atoms with Gasteiger partial charge in [0.1, 0.15) is 5.75 Å². The molecule has 1 atom stereocenters. The number of ether oxygens (including phenoxy) is 1. The van der Waals surface area contributed by atoms with E-state index in [4.69, 9.17) is 10.5 Å². The molecule has 0 fully saturated rings. The maximum Gasteiger partial charge on any atom is 0.119 e. The molecule has 0 aliphatic heterocycles. The Balaban J connectivity index is 1.88. The van der Waals surface area contributed by atoms with Crippen LogP contribution in [0.2, 0.25) is 0 Å². The molecule has 0 spiro atoms. The van der Waals surface area contributed by atoms with Crippen molar-refractivity contribution in [1.29, 1.82) is 0 Å². The highest BCUT2D eigenvalue weighted by Crippen LogP contribution is 2.30. The lowest BCUT2D eigenvalue weighted by atomic mass is 9.90. The maximum absolute atomic E-state index is 6.11. The van der Waals surface area contributed by atoms with Gasteiger partial charge in [-0.3, -0.25) is 0 Å². The summed E-state index contributed by atoms with van der Waals surface area (Å²) in [6.45, 7) is 5.06. The van der Waals surface area contributed by atoms with Crippen LogP contribution in [-0.2, 0) is 6.42 Å². The monoisotopic (exact) mass is 322 g/mol. The van der Waals surface area contributed by atoms with Crippen molar-refractivity contribution >= 4 is 10.9 Å². The second-order valence-electron chi connectivity index (χ2n) is 6.69. The molecule has 0 aliphatic carbocycles. The van der Waals surface area contributed by atoms with E-state index in [2.05, 4.69) is 61.4 Å². The molecule has 3 rings (SSSR count). The lowest BCUT2D eigenvalue weighted by Gasteiger charge is -2.15. The van der Waals surface area contributed by atoms with E-state index in [1.807, 2.05) is 6.07 Å². The van der Waals surface area contributed by atoms with Gasteiger partial charge in [-0.25, -0.2) is 0 Å². The Bertz CT molecular complexity index is 802. The summed E-state index contributed by atoms with van der Waals surface area (Å²) in [5.41, 5.74) is 11.2. The Labute approximate surface area is 143 Å². The van der Waals surface area contributed by atoms with Gasteiger partial charge < -0.3 is 15.5 Å². The zero-order valence-electron chi connectivity index (χ0n) is 14.7. The molecule has 0 amide bonds. The standard InChI is InChI=1S/C21H26N2O/c1-14(2)16-6-4-15(5-7-16)10-17(12-22)20-13-23-21-9-8-18(24-3)11-19(20)21/h4-9,11,13-14,17,23H,10,12,22H2,1-3H3. The predicted octanol–water partition coefficient (Wildman–Crippen LogP) is 4.58. The van der Waals surface area contributed by atoms with Crippen LogP contribution in [0.25, 0.3) is 10.9 Å². The van der Waals surface area contributed by atoms with Crippen molar-refractivity contribution in [3.05, 3.63) is 65.4 Å². The van der Waals surface area contributed by atoms with Crippen molar-refractivity contribution in [2.75, 3.05) is 13.7 Å². The lowest BCUT2D eigenvalue weighted by molar-refractivity contribution is 0.415. The Morgan fingerprint density at radius 1 is 1.08 bits per heavy atom. The maximum atomic E-state index is 6.11. The van der Waals surface area contributed by atoms with Crippen LogP contribution in [0.1, 0.15) is 42.4 Å². The molecule has 24 heavy (non-hydrogen) atoms. The molecule has 2 aromatic carbocycles. The number of aromatic amines is 1. The summed E-state index contributed by atoms with van der Waals surface area (Å²) in [6.07, 6.45) is 3.03. The molecule has 126 valence electrons. The summed E-state index contributed by atoms with van der Waals surface area (Å²) in [5, 5.41) is 1.20. The average molecular weight is 322 g/mol. The quantitative estimate of drug-likeness (QED) is 0.697. The van der Waals surface area contributed by atoms with Gasteiger partial charge in [-0.15, -0.1) is 0 Å². The summed E-state index contributed by atoms with van der Waals surface area (Å²) in [4.78, 5) is 3.35. The van der Waals surface area contributed by atoms with E-state index in [1.54, 1.807) is 7.11 Å². The normalized spacial score (nSPS) is 12.7. The van der Waals surface area contributed by atoms with Gasteiger partial charge >= 0.3 is 0 Å². The van der Waals surface area contributed by atoms with Crippen molar-refractivity contribution in [2.24, 2.45) is 5.73 Å². The molecule has 3 N–H and O–H groups in total. The number of methoxy groups -OCH3 is 1. The number of rotatable bonds is 6. The van der Waals surface area contributed by atoms with Crippen LogP contribution in [-0.4, -0.2) is 18.6 Å². The van der Waals surface area contributed by atoms with Gasteiger partial charge in [0.15, 0.2) is 0 Å². The van der Waals surface area contributed by atoms with Crippen LogP contribution in [0.3, 0.4) is 0 Å². The fourth-order valence-electron chi connectivity index (χ4n) is 3.23. The minimum Gasteiger partial charge on any atom is -0.497 e. The second kappa shape index (κ2) is 7.10. The Hall–Kier alpha value is -2.26. The summed E-state index contributed by atoms with van der Waals surface area (Å²) >= 11 is 0. The highest BCUT2D eigenvalue weighted by Gasteiger charge is 2.16. The molecular formula is C21H26N2O. The number of nitrogens with two attached hydrogens (primary N) is 1. The third-order valence-corrected chi connectivity index (χ3v) is 4.77. The van der Waals surface area contributed by atoms with Crippen LogP contribution in [0.15, 0.2) is 48.7 Å². The number of H-pyrrole nitrogens is 1. The van der Waals surface area contributed by atoms with Crippen LogP contribution in [0.5, 0.6) is 5.75 Å². The third-order valence-electron chi connectivity index (χ3n) is 4.77. The minimum absolute atomic E-state index is 0.288. The van der Waals surface area contributed by atoms with Crippen LogP contribution >= 0.6 is 0 Å². The van der Waals surface area contributed by atoms with E-state index in [0.717, 1.165) is 17.7 Å². The molecular weight excluding hydrogens is 296 g/mol. The largest absolute Gasteiger partial charge is 0.497 e. The van der Waals surface area contributed by atoms with Gasteiger partial charge in [0.05, 0.1) is 7.11 Å². The van der Waals surface area contributed by atoms with Gasteiger partial charge in [0.2, 0.25) is 0 Å². The number of aromatic nitrogens is 1. The molecule has 3 aromatic rings. The third kappa shape index (κ3) is 3.31. The SMILES string of the molecule is COc1ccc2[nH]cc(C(CN)Cc3ccc(C(C)C)cc3)c2c1. The molecule has 3 heteroatoms. The van der Waals surface area contributed by atoms with Gasteiger partial charge in [-0.2, -0.15) is 0 Å². The molecule has 1 heterocycles. The van der Waals surface area contributed by atoms with E-state index < -0.39 is 0 Å². The highest BCUT2D eigenvalue weighted by molar-refractivity contribution is 5.85. The number of hydrogen-bond donors (Lipinski definition) is 2. The van der Waals surface area contributed by atoms with E-state index in [-0.39, 0.29) is 5.92 Å². The smallest absolute Gasteiger partial charge is 0.119 e. The molecule has 0 saturated heterocycles.